The van der Waals surface area contributed by atoms with Crippen LogP contribution in [-0.2, 0) is 9.53 Å². The molecule has 1 atom stereocenters. The SMILES string of the molecule is Cc1cc(C(=O)N2CCOC[C@@H]2C(=O)O)ccc1-n1cncn1. The zero-order chi connectivity index (χ0) is 16.4. The molecular weight excluding hydrogens is 300 g/mol. The van der Waals surface area contributed by atoms with Crippen molar-refractivity contribution < 1.29 is 19.4 Å². The van der Waals surface area contributed by atoms with E-state index in [4.69, 9.17) is 4.74 Å². The summed E-state index contributed by atoms with van der Waals surface area (Å²) in [6.45, 7) is 2.48. The van der Waals surface area contributed by atoms with Gasteiger partial charge in [0, 0.05) is 12.1 Å². The van der Waals surface area contributed by atoms with Crippen molar-refractivity contribution in [3.8, 4) is 5.69 Å². The van der Waals surface area contributed by atoms with Crippen LogP contribution in [0.1, 0.15) is 15.9 Å². The van der Waals surface area contributed by atoms with Crippen molar-refractivity contribution in [2.45, 2.75) is 13.0 Å². The Kier molecular flexibility index (Phi) is 4.07. The van der Waals surface area contributed by atoms with Gasteiger partial charge >= 0.3 is 5.97 Å². The lowest BCUT2D eigenvalue weighted by Gasteiger charge is -2.33. The number of carboxylic acid groups (broad SMARTS) is 1. The first kappa shape index (κ1) is 15.2. The van der Waals surface area contributed by atoms with Crippen molar-refractivity contribution in [3.63, 3.8) is 0 Å². The van der Waals surface area contributed by atoms with Crippen molar-refractivity contribution >= 4 is 11.9 Å². The average Bonchev–Trinajstić information content (AvgIpc) is 3.08. The fourth-order valence-electron chi connectivity index (χ4n) is 2.60. The van der Waals surface area contributed by atoms with E-state index in [0.717, 1.165) is 11.3 Å². The van der Waals surface area contributed by atoms with Crippen molar-refractivity contribution in [1.29, 1.82) is 0 Å². The Bertz CT molecular complexity index is 729. The molecule has 1 aliphatic rings. The Balaban J connectivity index is 1.87. The maximum absolute atomic E-state index is 12.6. The molecule has 1 N–H and O–H groups in total. The van der Waals surface area contributed by atoms with E-state index in [1.165, 1.54) is 11.2 Å². The number of carboxylic acids is 1. The van der Waals surface area contributed by atoms with Crippen molar-refractivity contribution in [2.75, 3.05) is 19.8 Å². The second-order valence-electron chi connectivity index (χ2n) is 5.27. The van der Waals surface area contributed by atoms with Gasteiger partial charge in [-0.05, 0) is 30.7 Å². The van der Waals surface area contributed by atoms with E-state index in [1.807, 2.05) is 6.92 Å². The summed E-state index contributed by atoms with van der Waals surface area (Å²) < 4.78 is 6.77. The Hall–Kier alpha value is -2.74. The first-order valence-electron chi connectivity index (χ1n) is 7.15. The lowest BCUT2D eigenvalue weighted by Crippen LogP contribution is -2.52. The lowest BCUT2D eigenvalue weighted by molar-refractivity contribution is -0.147. The van der Waals surface area contributed by atoms with Crippen molar-refractivity contribution in [2.24, 2.45) is 0 Å². The van der Waals surface area contributed by atoms with Crippen LogP contribution in [0.15, 0.2) is 30.9 Å². The molecule has 1 saturated heterocycles. The highest BCUT2D eigenvalue weighted by molar-refractivity contribution is 5.97. The molecule has 2 aromatic rings. The summed E-state index contributed by atoms with van der Waals surface area (Å²) in [6.07, 6.45) is 3.01. The van der Waals surface area contributed by atoms with Crippen LogP contribution in [0.2, 0.25) is 0 Å². The van der Waals surface area contributed by atoms with E-state index < -0.39 is 12.0 Å². The number of aliphatic carboxylic acids is 1. The van der Waals surface area contributed by atoms with Gasteiger partial charge in [0.05, 0.1) is 18.9 Å². The molecule has 1 aliphatic heterocycles. The normalized spacial score (nSPS) is 18.0. The van der Waals surface area contributed by atoms with Gasteiger partial charge < -0.3 is 14.7 Å². The second kappa shape index (κ2) is 6.17. The fourth-order valence-corrected chi connectivity index (χ4v) is 2.60. The number of hydrogen-bond donors (Lipinski definition) is 1. The summed E-state index contributed by atoms with van der Waals surface area (Å²) in [4.78, 5) is 29.2. The maximum atomic E-state index is 12.6. The Morgan fingerprint density at radius 2 is 2.22 bits per heavy atom. The molecule has 1 aromatic carbocycles. The average molecular weight is 316 g/mol. The first-order chi connectivity index (χ1) is 11.1. The number of carbonyl (C=O) groups is 2. The van der Waals surface area contributed by atoms with Crippen LogP contribution in [0.4, 0.5) is 0 Å². The van der Waals surface area contributed by atoms with Crippen LogP contribution in [-0.4, -0.2) is 62.4 Å². The van der Waals surface area contributed by atoms with Gasteiger partial charge in [0.25, 0.3) is 5.91 Å². The quantitative estimate of drug-likeness (QED) is 0.885. The molecule has 0 aliphatic carbocycles. The van der Waals surface area contributed by atoms with Crippen LogP contribution in [0.25, 0.3) is 5.69 Å². The second-order valence-corrected chi connectivity index (χ2v) is 5.27. The number of hydrogen-bond acceptors (Lipinski definition) is 5. The van der Waals surface area contributed by atoms with Crippen LogP contribution in [0, 0.1) is 6.92 Å². The molecule has 8 heteroatoms. The summed E-state index contributed by atoms with van der Waals surface area (Å²) in [7, 11) is 0. The number of benzene rings is 1. The Labute approximate surface area is 132 Å². The van der Waals surface area contributed by atoms with Gasteiger partial charge in [-0.2, -0.15) is 5.10 Å². The van der Waals surface area contributed by atoms with Crippen LogP contribution < -0.4 is 0 Å². The number of nitrogens with zero attached hydrogens (tertiary/aromatic N) is 4. The van der Waals surface area contributed by atoms with E-state index in [9.17, 15) is 14.7 Å². The highest BCUT2D eigenvalue weighted by Crippen LogP contribution is 2.18. The standard InChI is InChI=1S/C15H16N4O4/c1-10-6-11(2-3-12(10)19-9-16-8-17-19)14(20)18-4-5-23-7-13(18)15(21)22/h2-3,6,8-9,13H,4-5,7H2,1H3,(H,21,22)/t13-/m1/s1. The minimum absolute atomic E-state index is 0.0110. The Morgan fingerprint density at radius 3 is 2.87 bits per heavy atom. The van der Waals surface area contributed by atoms with Gasteiger partial charge in [-0.15, -0.1) is 0 Å². The van der Waals surface area contributed by atoms with Gasteiger partial charge in [-0.25, -0.2) is 14.5 Å². The molecule has 0 saturated carbocycles. The van der Waals surface area contributed by atoms with Crippen LogP contribution in [0.3, 0.4) is 0 Å². The molecule has 0 bridgehead atoms. The van der Waals surface area contributed by atoms with Crippen LogP contribution in [0.5, 0.6) is 0 Å². The van der Waals surface area contributed by atoms with Gasteiger partial charge in [0.2, 0.25) is 0 Å². The fraction of sp³-hybridized carbons (Fsp3) is 0.333. The molecule has 1 aromatic heterocycles. The lowest BCUT2D eigenvalue weighted by atomic mass is 10.1. The molecule has 0 spiro atoms. The largest absolute Gasteiger partial charge is 0.480 e. The molecule has 1 fully saturated rings. The molecule has 120 valence electrons. The van der Waals surface area contributed by atoms with Gasteiger partial charge in [0.1, 0.15) is 12.7 Å². The number of carbonyl (C=O) groups excluding carboxylic acids is 1. The molecule has 8 nitrogen and oxygen atoms in total. The smallest absolute Gasteiger partial charge is 0.328 e. The highest BCUT2D eigenvalue weighted by Gasteiger charge is 2.33. The van der Waals surface area contributed by atoms with Gasteiger partial charge in [0.15, 0.2) is 6.04 Å². The molecule has 1 amide bonds. The molecular formula is C15H16N4O4. The molecule has 2 heterocycles. The third kappa shape index (κ3) is 2.93. The maximum Gasteiger partial charge on any atom is 0.328 e. The number of amides is 1. The van der Waals surface area contributed by atoms with E-state index in [2.05, 4.69) is 10.1 Å². The zero-order valence-electron chi connectivity index (χ0n) is 12.5. The number of aryl methyl sites for hydroxylation is 1. The minimum atomic E-state index is -1.06. The number of rotatable bonds is 3. The molecule has 0 radical (unpaired) electrons. The third-order valence-corrected chi connectivity index (χ3v) is 3.78. The van der Waals surface area contributed by atoms with E-state index >= 15 is 0 Å². The molecule has 23 heavy (non-hydrogen) atoms. The first-order valence-corrected chi connectivity index (χ1v) is 7.15. The number of aromatic nitrogens is 3. The number of morpholine rings is 1. The molecule has 0 unspecified atom stereocenters. The summed E-state index contributed by atoms with van der Waals surface area (Å²) in [5.74, 6) is -1.37. The summed E-state index contributed by atoms with van der Waals surface area (Å²) in [5.41, 5.74) is 2.11. The monoisotopic (exact) mass is 316 g/mol. The van der Waals surface area contributed by atoms with Gasteiger partial charge in [-0.1, -0.05) is 0 Å². The topological polar surface area (TPSA) is 97.6 Å². The summed E-state index contributed by atoms with van der Waals surface area (Å²) in [5, 5.41) is 13.3. The highest BCUT2D eigenvalue weighted by atomic mass is 16.5. The third-order valence-electron chi connectivity index (χ3n) is 3.78. The Morgan fingerprint density at radius 1 is 1.39 bits per heavy atom. The number of ether oxygens (including phenoxy) is 1. The van der Waals surface area contributed by atoms with Crippen molar-refractivity contribution in [3.05, 3.63) is 42.0 Å². The van der Waals surface area contributed by atoms with Gasteiger partial charge in [-0.3, -0.25) is 4.79 Å². The van der Waals surface area contributed by atoms with E-state index in [0.29, 0.717) is 12.2 Å². The summed E-state index contributed by atoms with van der Waals surface area (Å²) in [6, 6.07) is 4.22. The predicted molar refractivity (Wildman–Crippen MR) is 79.4 cm³/mol. The summed E-state index contributed by atoms with van der Waals surface area (Å²) >= 11 is 0. The zero-order valence-corrected chi connectivity index (χ0v) is 12.5. The predicted octanol–water partition coefficient (Wildman–Crippen LogP) is 0.501. The molecule has 3 rings (SSSR count). The van der Waals surface area contributed by atoms with Crippen molar-refractivity contribution in [1.82, 2.24) is 19.7 Å². The van der Waals surface area contributed by atoms with Crippen LogP contribution >= 0.6 is 0 Å². The van der Waals surface area contributed by atoms with E-state index in [1.54, 1.807) is 29.2 Å². The van der Waals surface area contributed by atoms with E-state index in [-0.39, 0.29) is 19.1 Å². The minimum Gasteiger partial charge on any atom is -0.480 e.